The molecule has 0 aliphatic heterocycles. The molecule has 0 aliphatic rings. The molecule has 0 unspecified atom stereocenters. The predicted molar refractivity (Wildman–Crippen MR) is 59.5 cm³/mol. The van der Waals surface area contributed by atoms with Crippen LogP contribution in [0.3, 0.4) is 0 Å². The first-order valence-corrected chi connectivity index (χ1v) is 6.05. The Balaban J connectivity index is 2.73. The molecule has 0 aliphatic carbocycles. The summed E-state index contributed by atoms with van der Waals surface area (Å²) < 4.78 is 0. The van der Waals surface area contributed by atoms with Crippen LogP contribution in [0.1, 0.15) is 11.5 Å². The molecular formula is C9H13ClNO2P. The quantitative estimate of drug-likeness (QED) is 0.693. The van der Waals surface area contributed by atoms with Crippen molar-refractivity contribution < 1.29 is 9.79 Å². The van der Waals surface area contributed by atoms with E-state index in [1.807, 2.05) is 12.1 Å². The van der Waals surface area contributed by atoms with E-state index >= 15 is 0 Å². The molecule has 0 radical (unpaired) electrons. The lowest BCUT2D eigenvalue weighted by atomic mass is 10.0. The molecule has 0 fully saturated rings. The minimum atomic E-state index is -1.89. The summed E-state index contributed by atoms with van der Waals surface area (Å²) in [6.07, 6.45) is 0.313. The highest BCUT2D eigenvalue weighted by molar-refractivity contribution is 7.45. The molecule has 0 saturated carbocycles. The van der Waals surface area contributed by atoms with Gasteiger partial charge in [-0.05, 0) is 24.2 Å². The number of rotatable bonds is 4. The van der Waals surface area contributed by atoms with Gasteiger partial charge < -0.3 is 15.5 Å². The van der Waals surface area contributed by atoms with Gasteiger partial charge in [0.15, 0.2) is 8.38 Å². The summed E-state index contributed by atoms with van der Waals surface area (Å²) in [5, 5.41) is 0.666. The lowest BCUT2D eigenvalue weighted by Gasteiger charge is -2.15. The molecule has 0 heterocycles. The average molecular weight is 234 g/mol. The summed E-state index contributed by atoms with van der Waals surface area (Å²) in [6.45, 7) is 0.404. The highest BCUT2D eigenvalue weighted by atomic mass is 35.5. The second-order valence-electron chi connectivity index (χ2n) is 3.04. The molecule has 0 spiro atoms. The third kappa shape index (κ3) is 3.52. The predicted octanol–water partition coefficient (Wildman–Crippen LogP) is 1.68. The van der Waals surface area contributed by atoms with E-state index in [1.54, 1.807) is 12.1 Å². The Kier molecular flexibility index (Phi) is 4.79. The lowest BCUT2D eigenvalue weighted by molar-refractivity contribution is 0.476. The molecule has 1 aromatic rings. The lowest BCUT2D eigenvalue weighted by Crippen LogP contribution is -2.15. The Morgan fingerprint density at radius 1 is 1.29 bits per heavy atom. The van der Waals surface area contributed by atoms with Gasteiger partial charge in [-0.1, -0.05) is 23.7 Å². The topological polar surface area (TPSA) is 66.5 Å². The first-order valence-electron chi connectivity index (χ1n) is 4.24. The fraction of sp³-hybridized carbons (Fsp3) is 0.333. The Morgan fingerprint density at radius 2 is 1.86 bits per heavy atom. The molecule has 78 valence electrons. The van der Waals surface area contributed by atoms with Crippen LogP contribution in [0, 0.1) is 0 Å². The van der Waals surface area contributed by atoms with Crippen LogP contribution < -0.4 is 5.73 Å². The van der Waals surface area contributed by atoms with Crippen LogP contribution in [-0.4, -0.2) is 22.5 Å². The summed E-state index contributed by atoms with van der Waals surface area (Å²) in [6, 6.07) is 7.27. The largest absolute Gasteiger partial charge is 0.350 e. The number of halogens is 1. The van der Waals surface area contributed by atoms with Crippen molar-refractivity contribution in [2.45, 2.75) is 5.92 Å². The van der Waals surface area contributed by atoms with Crippen molar-refractivity contribution in [1.29, 1.82) is 0 Å². The molecule has 3 nitrogen and oxygen atoms in total. The monoisotopic (exact) mass is 233 g/mol. The van der Waals surface area contributed by atoms with Gasteiger partial charge in [0.1, 0.15) is 0 Å². The number of benzene rings is 1. The molecule has 1 rings (SSSR count). The SMILES string of the molecule is NC[C@H](CP(O)O)c1ccc(Cl)cc1. The molecule has 0 saturated heterocycles. The van der Waals surface area contributed by atoms with Gasteiger partial charge >= 0.3 is 0 Å². The Hall–Kier alpha value is -0.180. The van der Waals surface area contributed by atoms with Gasteiger partial charge in [-0.25, -0.2) is 0 Å². The van der Waals surface area contributed by atoms with Crippen molar-refractivity contribution in [3.63, 3.8) is 0 Å². The summed E-state index contributed by atoms with van der Waals surface area (Å²) in [7, 11) is -1.89. The average Bonchev–Trinajstić information content (AvgIpc) is 2.15. The van der Waals surface area contributed by atoms with Gasteiger partial charge in [0, 0.05) is 17.1 Å². The maximum absolute atomic E-state index is 8.91. The number of hydrogen-bond donors (Lipinski definition) is 3. The molecule has 0 bridgehead atoms. The number of hydrogen-bond acceptors (Lipinski definition) is 3. The fourth-order valence-corrected chi connectivity index (χ4v) is 2.13. The van der Waals surface area contributed by atoms with E-state index in [1.165, 1.54) is 0 Å². The zero-order chi connectivity index (χ0) is 10.6. The summed E-state index contributed by atoms with van der Waals surface area (Å²) in [5.41, 5.74) is 6.54. The van der Waals surface area contributed by atoms with Crippen LogP contribution in [0.15, 0.2) is 24.3 Å². The van der Waals surface area contributed by atoms with Gasteiger partial charge in [-0.2, -0.15) is 0 Å². The van der Waals surface area contributed by atoms with Gasteiger partial charge in [0.25, 0.3) is 0 Å². The summed E-state index contributed by atoms with van der Waals surface area (Å²) >= 11 is 5.74. The highest BCUT2D eigenvalue weighted by Crippen LogP contribution is 2.31. The van der Waals surface area contributed by atoms with Gasteiger partial charge in [0.05, 0.1) is 0 Å². The first kappa shape index (κ1) is 11.9. The number of nitrogens with two attached hydrogens (primary N) is 1. The van der Waals surface area contributed by atoms with E-state index in [-0.39, 0.29) is 5.92 Å². The zero-order valence-corrected chi connectivity index (χ0v) is 9.25. The maximum Gasteiger partial charge on any atom is 0.165 e. The van der Waals surface area contributed by atoms with Gasteiger partial charge in [0.2, 0.25) is 0 Å². The van der Waals surface area contributed by atoms with Crippen LogP contribution in [0.25, 0.3) is 0 Å². The van der Waals surface area contributed by atoms with Crippen LogP contribution in [0.5, 0.6) is 0 Å². The minimum absolute atomic E-state index is 0.00613. The highest BCUT2D eigenvalue weighted by Gasteiger charge is 2.13. The molecule has 14 heavy (non-hydrogen) atoms. The van der Waals surface area contributed by atoms with Crippen molar-refractivity contribution in [2.24, 2.45) is 5.73 Å². The van der Waals surface area contributed by atoms with E-state index in [4.69, 9.17) is 27.1 Å². The molecular weight excluding hydrogens is 221 g/mol. The van der Waals surface area contributed by atoms with Crippen molar-refractivity contribution in [3.8, 4) is 0 Å². The second kappa shape index (κ2) is 5.64. The van der Waals surface area contributed by atoms with E-state index in [0.29, 0.717) is 17.7 Å². The smallest absolute Gasteiger partial charge is 0.165 e. The third-order valence-corrected chi connectivity index (χ3v) is 3.03. The molecule has 1 aromatic carbocycles. The van der Waals surface area contributed by atoms with Crippen LogP contribution in [0.2, 0.25) is 5.02 Å². The van der Waals surface area contributed by atoms with E-state index < -0.39 is 8.38 Å². The molecule has 4 N–H and O–H groups in total. The summed E-state index contributed by atoms with van der Waals surface area (Å²) in [5.74, 6) is -0.00613. The van der Waals surface area contributed by atoms with E-state index in [2.05, 4.69) is 0 Å². The molecule has 1 atom stereocenters. The molecule has 0 aromatic heterocycles. The van der Waals surface area contributed by atoms with E-state index in [0.717, 1.165) is 5.56 Å². The first-order chi connectivity index (χ1) is 6.63. The minimum Gasteiger partial charge on any atom is -0.350 e. The van der Waals surface area contributed by atoms with Crippen molar-refractivity contribution in [3.05, 3.63) is 34.9 Å². The van der Waals surface area contributed by atoms with Gasteiger partial charge in [-0.15, -0.1) is 0 Å². The van der Waals surface area contributed by atoms with Crippen molar-refractivity contribution in [2.75, 3.05) is 12.7 Å². The van der Waals surface area contributed by atoms with Gasteiger partial charge in [-0.3, -0.25) is 0 Å². The van der Waals surface area contributed by atoms with E-state index in [9.17, 15) is 0 Å². The Labute approximate surface area is 89.4 Å². The Bertz CT molecular complexity index is 279. The third-order valence-electron chi connectivity index (χ3n) is 2.01. The maximum atomic E-state index is 8.91. The fourth-order valence-electron chi connectivity index (χ4n) is 1.25. The second-order valence-corrected chi connectivity index (χ2v) is 4.59. The van der Waals surface area contributed by atoms with Crippen LogP contribution >= 0.6 is 20.0 Å². The van der Waals surface area contributed by atoms with Crippen molar-refractivity contribution in [1.82, 2.24) is 0 Å². The molecule has 5 heteroatoms. The summed E-state index contributed by atoms with van der Waals surface area (Å²) in [4.78, 5) is 17.8. The van der Waals surface area contributed by atoms with Crippen LogP contribution in [-0.2, 0) is 0 Å². The van der Waals surface area contributed by atoms with Crippen LogP contribution in [0.4, 0.5) is 0 Å². The molecule has 0 amide bonds. The zero-order valence-electron chi connectivity index (χ0n) is 7.60. The Morgan fingerprint density at radius 3 is 2.29 bits per heavy atom. The normalized spacial score (nSPS) is 13.2. The standard InChI is InChI=1S/C9H13ClNO2P/c10-9-3-1-7(2-4-9)8(5-11)6-14(12)13/h1-4,8,12-13H,5-6,11H2/t8-/m1/s1. The van der Waals surface area contributed by atoms with Crippen molar-refractivity contribution >= 4 is 20.0 Å².